The van der Waals surface area contributed by atoms with E-state index in [2.05, 4.69) is 18.7 Å². The van der Waals surface area contributed by atoms with Gasteiger partial charge in [0, 0.05) is 19.3 Å². The molecule has 0 aliphatic rings. The summed E-state index contributed by atoms with van der Waals surface area (Å²) in [7, 11) is 1.70. The lowest BCUT2D eigenvalue weighted by molar-refractivity contribution is 0.112. The number of hydrogen-bond acceptors (Lipinski definition) is 2. The van der Waals surface area contributed by atoms with Crippen LogP contribution in [-0.4, -0.2) is 20.0 Å². The summed E-state index contributed by atoms with van der Waals surface area (Å²) in [6.45, 7) is 6.00. The Kier molecular flexibility index (Phi) is 10.7. The molecule has 0 radical (unpaired) electrons. The third kappa shape index (κ3) is 8.48. The molecule has 0 unspecified atom stereocenters. The molecule has 18 heavy (non-hydrogen) atoms. The Morgan fingerprint density at radius 1 is 1.33 bits per heavy atom. The Balaban J connectivity index is 0.000000873. The maximum Gasteiger partial charge on any atom is 0.150 e. The van der Waals surface area contributed by atoms with E-state index in [1.807, 2.05) is 31.2 Å². The van der Waals surface area contributed by atoms with Gasteiger partial charge in [0.15, 0.2) is 0 Å². The van der Waals surface area contributed by atoms with Crippen LogP contribution in [0.3, 0.4) is 0 Å². The van der Waals surface area contributed by atoms with Crippen molar-refractivity contribution in [3.63, 3.8) is 0 Å². The number of aldehydes is 1. The molecule has 1 rings (SSSR count). The summed E-state index contributed by atoms with van der Waals surface area (Å²) in [4.78, 5) is 10.5. The van der Waals surface area contributed by atoms with E-state index in [9.17, 15) is 4.79 Å². The van der Waals surface area contributed by atoms with Gasteiger partial charge in [-0.1, -0.05) is 36.4 Å². The average molecular weight is 246 g/mol. The molecule has 0 aromatic heterocycles. The first-order valence-corrected chi connectivity index (χ1v) is 6.03. The lowest BCUT2D eigenvalue weighted by atomic mass is 10.1. The molecule has 0 N–H and O–H groups in total. The molecule has 1 aromatic carbocycles. The van der Waals surface area contributed by atoms with Gasteiger partial charge < -0.3 is 4.74 Å². The van der Waals surface area contributed by atoms with Crippen molar-refractivity contribution in [2.24, 2.45) is 0 Å². The molecular weight excluding hydrogens is 224 g/mol. The molecule has 0 spiro atoms. The van der Waals surface area contributed by atoms with Crippen LogP contribution in [0.15, 0.2) is 49.1 Å². The van der Waals surface area contributed by atoms with E-state index in [0.717, 1.165) is 36.9 Å². The molecule has 0 aliphatic carbocycles. The normalized spacial score (nSPS) is 9.67. The van der Waals surface area contributed by atoms with Gasteiger partial charge in [-0.2, -0.15) is 0 Å². The minimum Gasteiger partial charge on any atom is -0.384 e. The first-order chi connectivity index (χ1) is 8.78. The molecule has 2 nitrogen and oxygen atoms in total. The van der Waals surface area contributed by atoms with Crippen LogP contribution in [-0.2, 0) is 11.2 Å². The second-order valence-corrected chi connectivity index (χ2v) is 3.73. The van der Waals surface area contributed by atoms with Crippen molar-refractivity contribution in [1.82, 2.24) is 0 Å². The molecule has 98 valence electrons. The summed E-state index contributed by atoms with van der Waals surface area (Å²) in [5, 5.41) is 0. The van der Waals surface area contributed by atoms with Crippen LogP contribution >= 0.6 is 0 Å². The van der Waals surface area contributed by atoms with Gasteiger partial charge in [-0.3, -0.25) is 4.79 Å². The molecule has 0 heterocycles. The maximum atomic E-state index is 10.5. The first kappa shape index (κ1) is 16.3. The summed E-state index contributed by atoms with van der Waals surface area (Å²) >= 11 is 0. The van der Waals surface area contributed by atoms with Crippen LogP contribution in [0.1, 0.15) is 29.3 Å². The standard InChI is InChI=1S/C13H16O2.C3H6/c1-15-9-4-2-3-6-12-7-5-8-13(10-12)11-14;1-3-2/h2-3,5,7-8,10-11H,4,6,9H2,1H3;3H,1H2,2H3/b3-2-;. The average Bonchev–Trinajstić information content (AvgIpc) is 2.40. The number of allylic oxidation sites excluding steroid dienone is 2. The van der Waals surface area contributed by atoms with E-state index in [1.54, 1.807) is 13.2 Å². The van der Waals surface area contributed by atoms with Crippen molar-refractivity contribution in [2.45, 2.75) is 19.8 Å². The number of carbonyl (C=O) groups is 1. The van der Waals surface area contributed by atoms with Crippen molar-refractivity contribution in [3.05, 3.63) is 60.2 Å². The molecular formula is C16H22O2. The fourth-order valence-corrected chi connectivity index (χ4v) is 1.32. The quantitative estimate of drug-likeness (QED) is 0.433. The Bertz CT molecular complexity index is 367. The van der Waals surface area contributed by atoms with Gasteiger partial charge >= 0.3 is 0 Å². The van der Waals surface area contributed by atoms with Gasteiger partial charge in [0.05, 0.1) is 0 Å². The van der Waals surface area contributed by atoms with Crippen LogP contribution in [0.2, 0.25) is 0 Å². The van der Waals surface area contributed by atoms with E-state index in [0.29, 0.717) is 0 Å². The fraction of sp³-hybridized carbons (Fsp3) is 0.312. The van der Waals surface area contributed by atoms with Gasteiger partial charge in [0.25, 0.3) is 0 Å². The van der Waals surface area contributed by atoms with Crippen molar-refractivity contribution < 1.29 is 9.53 Å². The monoisotopic (exact) mass is 246 g/mol. The highest BCUT2D eigenvalue weighted by molar-refractivity contribution is 5.74. The van der Waals surface area contributed by atoms with E-state index >= 15 is 0 Å². The van der Waals surface area contributed by atoms with Gasteiger partial charge in [0.2, 0.25) is 0 Å². The smallest absolute Gasteiger partial charge is 0.150 e. The fourth-order valence-electron chi connectivity index (χ4n) is 1.32. The molecule has 0 amide bonds. The Hall–Kier alpha value is -1.67. The first-order valence-electron chi connectivity index (χ1n) is 6.03. The van der Waals surface area contributed by atoms with Crippen molar-refractivity contribution in [2.75, 3.05) is 13.7 Å². The molecule has 2 heteroatoms. The lowest BCUT2D eigenvalue weighted by Gasteiger charge is -1.97. The number of methoxy groups -OCH3 is 1. The molecule has 0 fully saturated rings. The molecule has 0 saturated carbocycles. The highest BCUT2D eigenvalue weighted by Crippen LogP contribution is 2.04. The zero-order valence-electron chi connectivity index (χ0n) is 11.3. The number of benzene rings is 1. The van der Waals surface area contributed by atoms with Crippen LogP contribution in [0, 0.1) is 0 Å². The van der Waals surface area contributed by atoms with Crippen LogP contribution in [0.4, 0.5) is 0 Å². The summed E-state index contributed by atoms with van der Waals surface area (Å²) in [5.74, 6) is 0. The van der Waals surface area contributed by atoms with Crippen molar-refractivity contribution >= 4 is 6.29 Å². The third-order valence-electron chi connectivity index (χ3n) is 2.10. The second-order valence-electron chi connectivity index (χ2n) is 3.73. The number of ether oxygens (including phenoxy) is 1. The highest BCUT2D eigenvalue weighted by Gasteiger charge is 1.92. The van der Waals surface area contributed by atoms with Crippen molar-refractivity contribution in [1.29, 1.82) is 0 Å². The zero-order valence-corrected chi connectivity index (χ0v) is 11.3. The van der Waals surface area contributed by atoms with Gasteiger partial charge in [0.1, 0.15) is 6.29 Å². The van der Waals surface area contributed by atoms with E-state index in [4.69, 9.17) is 4.74 Å². The summed E-state index contributed by atoms with van der Waals surface area (Å²) in [6, 6.07) is 7.65. The predicted octanol–water partition coefficient (Wildman–Crippen LogP) is 3.83. The Morgan fingerprint density at radius 3 is 2.67 bits per heavy atom. The van der Waals surface area contributed by atoms with Gasteiger partial charge in [-0.15, -0.1) is 6.58 Å². The largest absolute Gasteiger partial charge is 0.384 e. The predicted molar refractivity (Wildman–Crippen MR) is 77.0 cm³/mol. The van der Waals surface area contributed by atoms with Gasteiger partial charge in [-0.25, -0.2) is 0 Å². The summed E-state index contributed by atoms with van der Waals surface area (Å²) < 4.78 is 4.93. The van der Waals surface area contributed by atoms with E-state index in [1.165, 1.54) is 0 Å². The number of hydrogen-bond donors (Lipinski definition) is 0. The van der Waals surface area contributed by atoms with E-state index in [-0.39, 0.29) is 0 Å². The minimum absolute atomic E-state index is 0.734. The lowest BCUT2D eigenvalue weighted by Crippen LogP contribution is -1.86. The number of carbonyl (C=O) groups excluding carboxylic acids is 1. The maximum absolute atomic E-state index is 10.5. The molecule has 0 atom stereocenters. The van der Waals surface area contributed by atoms with E-state index < -0.39 is 0 Å². The van der Waals surface area contributed by atoms with Crippen LogP contribution in [0.25, 0.3) is 0 Å². The summed E-state index contributed by atoms with van der Waals surface area (Å²) in [6.07, 6.45) is 8.62. The second kappa shape index (κ2) is 11.8. The SMILES string of the molecule is C=CC.COCC/C=C\Cc1cccc(C=O)c1. The van der Waals surface area contributed by atoms with Crippen LogP contribution in [0.5, 0.6) is 0 Å². The topological polar surface area (TPSA) is 26.3 Å². The Labute approximate surface area is 110 Å². The molecule has 0 bridgehead atoms. The molecule has 0 saturated heterocycles. The molecule has 1 aromatic rings. The highest BCUT2D eigenvalue weighted by atomic mass is 16.5. The van der Waals surface area contributed by atoms with Crippen molar-refractivity contribution in [3.8, 4) is 0 Å². The summed E-state index contributed by atoms with van der Waals surface area (Å²) in [5.41, 5.74) is 1.89. The van der Waals surface area contributed by atoms with Crippen LogP contribution < -0.4 is 0 Å². The number of rotatable bonds is 6. The van der Waals surface area contributed by atoms with Gasteiger partial charge in [-0.05, 0) is 31.4 Å². The third-order valence-corrected chi connectivity index (χ3v) is 2.10. The zero-order chi connectivity index (χ0) is 13.6. The minimum atomic E-state index is 0.734. The Morgan fingerprint density at radius 2 is 2.06 bits per heavy atom. The molecule has 0 aliphatic heterocycles.